The zero-order chi connectivity index (χ0) is 11.2. The Morgan fingerprint density at radius 1 is 1.57 bits per heavy atom. The van der Waals surface area contributed by atoms with Crippen LogP contribution in [0.4, 0.5) is 4.79 Å². The van der Waals surface area contributed by atoms with Crippen LogP contribution in [-0.4, -0.2) is 18.2 Å². The number of nitrogens with one attached hydrogen (secondary N) is 1. The van der Waals surface area contributed by atoms with Crippen LogP contribution in [0.2, 0.25) is 0 Å². The van der Waals surface area contributed by atoms with Crippen molar-refractivity contribution in [2.75, 3.05) is 6.54 Å². The van der Waals surface area contributed by atoms with E-state index < -0.39 is 5.60 Å². The van der Waals surface area contributed by atoms with Gasteiger partial charge in [-0.1, -0.05) is 13.0 Å². The molecule has 0 aromatic carbocycles. The standard InChI is InChI=1S/C11H21NO2/c1-6-9(2)7-8-12-10(13)14-11(3,4)5/h6,9H,1,7-8H2,2-5H3,(H,12,13)/t9-/m0/s1. The summed E-state index contributed by atoms with van der Waals surface area (Å²) in [7, 11) is 0. The van der Waals surface area contributed by atoms with E-state index in [1.165, 1.54) is 0 Å². The van der Waals surface area contributed by atoms with E-state index in [1.807, 2.05) is 26.8 Å². The molecule has 0 radical (unpaired) electrons. The van der Waals surface area contributed by atoms with Gasteiger partial charge in [-0.15, -0.1) is 6.58 Å². The highest BCUT2D eigenvalue weighted by molar-refractivity contribution is 5.67. The summed E-state index contributed by atoms with van der Waals surface area (Å²) in [6.45, 7) is 11.9. The molecule has 0 aliphatic carbocycles. The Morgan fingerprint density at radius 3 is 2.57 bits per heavy atom. The summed E-state index contributed by atoms with van der Waals surface area (Å²) in [6, 6.07) is 0. The van der Waals surface area contributed by atoms with Crippen LogP contribution in [0, 0.1) is 5.92 Å². The Hall–Kier alpha value is -0.990. The highest BCUT2D eigenvalue weighted by Gasteiger charge is 2.15. The van der Waals surface area contributed by atoms with E-state index in [0.29, 0.717) is 12.5 Å². The molecular weight excluding hydrogens is 178 g/mol. The smallest absolute Gasteiger partial charge is 0.407 e. The summed E-state index contributed by atoms with van der Waals surface area (Å²) in [5, 5.41) is 2.70. The van der Waals surface area contributed by atoms with Crippen LogP contribution in [0.15, 0.2) is 12.7 Å². The summed E-state index contributed by atoms with van der Waals surface area (Å²) in [5.74, 6) is 0.421. The van der Waals surface area contributed by atoms with Gasteiger partial charge in [-0.05, 0) is 33.1 Å². The number of ether oxygens (including phenoxy) is 1. The molecule has 0 aliphatic rings. The van der Waals surface area contributed by atoms with E-state index in [4.69, 9.17) is 4.74 Å². The third-order valence-electron chi connectivity index (χ3n) is 1.67. The monoisotopic (exact) mass is 199 g/mol. The number of alkyl carbamates (subject to hydrolysis) is 1. The fraction of sp³-hybridized carbons (Fsp3) is 0.727. The number of rotatable bonds is 4. The van der Waals surface area contributed by atoms with Crippen LogP contribution in [0.5, 0.6) is 0 Å². The molecule has 3 nitrogen and oxygen atoms in total. The predicted octanol–water partition coefficient (Wildman–Crippen LogP) is 2.72. The quantitative estimate of drug-likeness (QED) is 0.707. The number of hydrogen-bond donors (Lipinski definition) is 1. The molecule has 1 amide bonds. The molecule has 0 aliphatic heterocycles. The number of allylic oxidation sites excluding steroid dienone is 1. The van der Waals surface area contributed by atoms with Gasteiger partial charge in [0.15, 0.2) is 0 Å². The molecule has 0 saturated carbocycles. The fourth-order valence-corrected chi connectivity index (χ4v) is 0.834. The Balaban J connectivity index is 3.60. The third kappa shape index (κ3) is 7.65. The Kier molecular flexibility index (Phi) is 5.28. The van der Waals surface area contributed by atoms with Crippen LogP contribution in [-0.2, 0) is 4.74 Å². The lowest BCUT2D eigenvalue weighted by Crippen LogP contribution is -2.33. The molecule has 1 N–H and O–H groups in total. The van der Waals surface area contributed by atoms with E-state index in [-0.39, 0.29) is 6.09 Å². The average Bonchev–Trinajstić information content (AvgIpc) is 2.00. The minimum atomic E-state index is -0.422. The van der Waals surface area contributed by atoms with Crippen molar-refractivity contribution in [1.29, 1.82) is 0 Å². The SMILES string of the molecule is C=C[C@H](C)CCNC(=O)OC(C)(C)C. The first-order chi connectivity index (χ1) is 6.35. The van der Waals surface area contributed by atoms with Crippen LogP contribution >= 0.6 is 0 Å². The number of hydrogen-bond acceptors (Lipinski definition) is 2. The number of carbonyl (C=O) groups is 1. The van der Waals surface area contributed by atoms with Gasteiger partial charge in [-0.25, -0.2) is 4.79 Å². The summed E-state index contributed by atoms with van der Waals surface area (Å²) >= 11 is 0. The highest BCUT2D eigenvalue weighted by atomic mass is 16.6. The van der Waals surface area contributed by atoms with Gasteiger partial charge in [-0.2, -0.15) is 0 Å². The van der Waals surface area contributed by atoms with E-state index in [9.17, 15) is 4.79 Å². The van der Waals surface area contributed by atoms with Gasteiger partial charge in [0.05, 0.1) is 0 Å². The van der Waals surface area contributed by atoms with Gasteiger partial charge < -0.3 is 10.1 Å². The van der Waals surface area contributed by atoms with Gasteiger partial charge in [0.1, 0.15) is 5.60 Å². The van der Waals surface area contributed by atoms with Crippen molar-refractivity contribution in [3.63, 3.8) is 0 Å². The summed E-state index contributed by atoms with van der Waals surface area (Å²) in [4.78, 5) is 11.2. The highest BCUT2D eigenvalue weighted by Crippen LogP contribution is 2.06. The molecule has 14 heavy (non-hydrogen) atoms. The molecule has 0 unspecified atom stereocenters. The lowest BCUT2D eigenvalue weighted by Gasteiger charge is -2.19. The molecule has 0 rings (SSSR count). The zero-order valence-electron chi connectivity index (χ0n) is 9.59. The normalized spacial score (nSPS) is 13.1. The molecular formula is C11H21NO2. The second-order valence-electron chi connectivity index (χ2n) is 4.43. The Morgan fingerprint density at radius 2 is 2.14 bits per heavy atom. The first-order valence-electron chi connectivity index (χ1n) is 4.94. The van der Waals surface area contributed by atoms with Crippen molar-refractivity contribution in [3.8, 4) is 0 Å². The second-order valence-corrected chi connectivity index (χ2v) is 4.43. The average molecular weight is 199 g/mol. The molecule has 0 saturated heterocycles. The maximum atomic E-state index is 11.2. The third-order valence-corrected chi connectivity index (χ3v) is 1.67. The van der Waals surface area contributed by atoms with Gasteiger partial charge in [0.25, 0.3) is 0 Å². The molecule has 3 heteroatoms. The molecule has 82 valence electrons. The van der Waals surface area contributed by atoms with Crippen LogP contribution in [0.1, 0.15) is 34.1 Å². The summed E-state index contributed by atoms with van der Waals surface area (Å²) in [5.41, 5.74) is -0.422. The number of amides is 1. The largest absolute Gasteiger partial charge is 0.444 e. The lowest BCUT2D eigenvalue weighted by atomic mass is 10.1. The van der Waals surface area contributed by atoms with Gasteiger partial charge >= 0.3 is 6.09 Å². The van der Waals surface area contributed by atoms with Crippen molar-refractivity contribution in [3.05, 3.63) is 12.7 Å². The van der Waals surface area contributed by atoms with Crippen molar-refractivity contribution in [1.82, 2.24) is 5.32 Å². The first kappa shape index (κ1) is 13.0. The molecule has 0 fully saturated rings. The van der Waals surface area contributed by atoms with Crippen molar-refractivity contribution in [2.45, 2.75) is 39.7 Å². The Labute approximate surface area is 86.5 Å². The van der Waals surface area contributed by atoms with Gasteiger partial charge in [0.2, 0.25) is 0 Å². The molecule has 0 spiro atoms. The maximum Gasteiger partial charge on any atom is 0.407 e. The van der Waals surface area contributed by atoms with Crippen molar-refractivity contribution in [2.24, 2.45) is 5.92 Å². The maximum absolute atomic E-state index is 11.2. The van der Waals surface area contributed by atoms with Crippen LogP contribution < -0.4 is 5.32 Å². The van der Waals surface area contributed by atoms with Crippen LogP contribution in [0.3, 0.4) is 0 Å². The topological polar surface area (TPSA) is 38.3 Å². The molecule has 1 atom stereocenters. The van der Waals surface area contributed by atoms with Crippen molar-refractivity contribution >= 4 is 6.09 Å². The number of carbonyl (C=O) groups excluding carboxylic acids is 1. The van der Waals surface area contributed by atoms with E-state index >= 15 is 0 Å². The predicted molar refractivity (Wildman–Crippen MR) is 58.2 cm³/mol. The van der Waals surface area contributed by atoms with E-state index in [2.05, 4.69) is 18.8 Å². The molecule has 0 bridgehead atoms. The van der Waals surface area contributed by atoms with Gasteiger partial charge in [-0.3, -0.25) is 0 Å². The summed E-state index contributed by atoms with van der Waals surface area (Å²) < 4.78 is 5.08. The molecule has 0 aromatic rings. The lowest BCUT2D eigenvalue weighted by molar-refractivity contribution is 0.0526. The zero-order valence-corrected chi connectivity index (χ0v) is 9.59. The fourth-order valence-electron chi connectivity index (χ4n) is 0.834. The van der Waals surface area contributed by atoms with Crippen molar-refractivity contribution < 1.29 is 9.53 Å². The molecule has 0 heterocycles. The van der Waals surface area contributed by atoms with E-state index in [0.717, 1.165) is 6.42 Å². The minimum absolute atomic E-state index is 0.353. The first-order valence-corrected chi connectivity index (χ1v) is 4.94. The second kappa shape index (κ2) is 5.68. The Bertz CT molecular complexity index is 194. The minimum Gasteiger partial charge on any atom is -0.444 e. The van der Waals surface area contributed by atoms with Gasteiger partial charge in [0, 0.05) is 6.54 Å². The van der Waals surface area contributed by atoms with Crippen LogP contribution in [0.25, 0.3) is 0 Å². The summed E-state index contributed by atoms with van der Waals surface area (Å²) in [6.07, 6.45) is 2.41. The van der Waals surface area contributed by atoms with E-state index in [1.54, 1.807) is 0 Å². The molecule has 0 aromatic heterocycles.